The average Bonchev–Trinajstić information content (AvgIpc) is 1.95. The van der Waals surface area contributed by atoms with Gasteiger partial charge in [-0.3, -0.25) is 0 Å². The SMILES string of the molecule is Fc1cccc(CBr)c1I. The highest BCUT2D eigenvalue weighted by Gasteiger charge is 2.01. The minimum Gasteiger partial charge on any atom is -0.206 e. The third-order valence-electron chi connectivity index (χ3n) is 1.18. The van der Waals surface area contributed by atoms with Gasteiger partial charge in [-0.15, -0.1) is 0 Å². The predicted molar refractivity (Wildman–Crippen MR) is 51.7 cm³/mol. The molecule has 0 aliphatic heterocycles. The first-order valence-corrected chi connectivity index (χ1v) is 4.94. The van der Waals surface area contributed by atoms with Gasteiger partial charge >= 0.3 is 0 Å². The molecule has 0 aliphatic rings. The molecule has 0 saturated carbocycles. The van der Waals surface area contributed by atoms with Crippen LogP contribution in [0.15, 0.2) is 18.2 Å². The van der Waals surface area contributed by atoms with Crippen LogP contribution in [0.4, 0.5) is 4.39 Å². The fraction of sp³-hybridized carbons (Fsp3) is 0.143. The van der Waals surface area contributed by atoms with Crippen molar-refractivity contribution in [2.45, 2.75) is 5.33 Å². The van der Waals surface area contributed by atoms with E-state index in [0.717, 1.165) is 5.56 Å². The first-order chi connectivity index (χ1) is 4.75. The summed E-state index contributed by atoms with van der Waals surface area (Å²) in [5.41, 5.74) is 1.00. The maximum Gasteiger partial charge on any atom is 0.136 e. The Hall–Kier alpha value is 0.360. The number of halogens is 3. The predicted octanol–water partition coefficient (Wildman–Crippen LogP) is 3.33. The molecule has 0 nitrogen and oxygen atoms in total. The molecule has 0 fully saturated rings. The highest BCUT2D eigenvalue weighted by Crippen LogP contribution is 2.17. The summed E-state index contributed by atoms with van der Waals surface area (Å²) in [5, 5.41) is 0.711. The Bertz CT molecular complexity index is 237. The van der Waals surface area contributed by atoms with E-state index < -0.39 is 0 Å². The topological polar surface area (TPSA) is 0 Å². The summed E-state index contributed by atoms with van der Waals surface area (Å²) in [6, 6.07) is 5.08. The Balaban J connectivity index is 3.14. The number of hydrogen-bond acceptors (Lipinski definition) is 0. The van der Waals surface area contributed by atoms with Gasteiger partial charge in [-0.2, -0.15) is 0 Å². The van der Waals surface area contributed by atoms with Gasteiger partial charge in [0, 0.05) is 5.33 Å². The second kappa shape index (κ2) is 3.67. The lowest BCUT2D eigenvalue weighted by Gasteiger charge is -1.98. The van der Waals surface area contributed by atoms with Crippen LogP contribution in [0.3, 0.4) is 0 Å². The molecule has 1 rings (SSSR count). The average molecular weight is 315 g/mol. The zero-order valence-electron chi connectivity index (χ0n) is 5.07. The van der Waals surface area contributed by atoms with Gasteiger partial charge in [0.1, 0.15) is 5.82 Å². The number of rotatable bonds is 1. The number of hydrogen-bond donors (Lipinski definition) is 0. The van der Waals surface area contributed by atoms with E-state index in [0.29, 0.717) is 8.90 Å². The molecule has 1 aromatic carbocycles. The molecule has 10 heavy (non-hydrogen) atoms. The standard InChI is InChI=1S/C7H5BrFI/c8-4-5-2-1-3-6(9)7(5)10/h1-3H,4H2. The lowest BCUT2D eigenvalue weighted by atomic mass is 10.2. The fourth-order valence-corrected chi connectivity index (χ4v) is 2.19. The normalized spacial score (nSPS) is 9.90. The van der Waals surface area contributed by atoms with E-state index in [2.05, 4.69) is 15.9 Å². The largest absolute Gasteiger partial charge is 0.206 e. The van der Waals surface area contributed by atoms with Gasteiger partial charge in [-0.05, 0) is 34.2 Å². The summed E-state index contributed by atoms with van der Waals surface area (Å²) >= 11 is 5.27. The molecule has 54 valence electrons. The molecule has 1 aromatic rings. The van der Waals surface area contributed by atoms with Gasteiger partial charge in [-0.1, -0.05) is 28.1 Å². The van der Waals surface area contributed by atoms with Gasteiger partial charge in [-0.25, -0.2) is 4.39 Å². The Morgan fingerprint density at radius 1 is 1.50 bits per heavy atom. The molecule has 0 atom stereocenters. The first kappa shape index (κ1) is 8.46. The van der Waals surface area contributed by atoms with E-state index >= 15 is 0 Å². The van der Waals surface area contributed by atoms with E-state index in [4.69, 9.17) is 0 Å². The van der Waals surface area contributed by atoms with E-state index in [1.54, 1.807) is 6.07 Å². The number of alkyl halides is 1. The Labute approximate surface area is 81.1 Å². The molecule has 0 bridgehead atoms. The Kier molecular flexibility index (Phi) is 3.10. The molecule has 0 aliphatic carbocycles. The molecular weight excluding hydrogens is 310 g/mol. The van der Waals surface area contributed by atoms with Crippen molar-refractivity contribution >= 4 is 38.5 Å². The molecule has 0 aromatic heterocycles. The van der Waals surface area contributed by atoms with Crippen LogP contribution in [0.5, 0.6) is 0 Å². The second-order valence-electron chi connectivity index (χ2n) is 1.85. The molecule has 0 spiro atoms. The van der Waals surface area contributed by atoms with E-state index in [1.165, 1.54) is 6.07 Å². The summed E-state index contributed by atoms with van der Waals surface area (Å²) in [5.74, 6) is -0.141. The van der Waals surface area contributed by atoms with Crippen molar-refractivity contribution in [3.63, 3.8) is 0 Å². The van der Waals surface area contributed by atoms with Gasteiger partial charge in [0.25, 0.3) is 0 Å². The maximum atomic E-state index is 12.7. The van der Waals surface area contributed by atoms with Crippen molar-refractivity contribution in [2.75, 3.05) is 0 Å². The fourth-order valence-electron chi connectivity index (χ4n) is 0.652. The third-order valence-corrected chi connectivity index (χ3v) is 2.99. The van der Waals surface area contributed by atoms with Crippen molar-refractivity contribution in [3.8, 4) is 0 Å². The maximum absolute atomic E-state index is 12.7. The van der Waals surface area contributed by atoms with Crippen LogP contribution in [0.1, 0.15) is 5.56 Å². The smallest absolute Gasteiger partial charge is 0.136 e. The zero-order chi connectivity index (χ0) is 7.56. The van der Waals surface area contributed by atoms with Crippen molar-refractivity contribution in [1.82, 2.24) is 0 Å². The van der Waals surface area contributed by atoms with Crippen LogP contribution in [0.25, 0.3) is 0 Å². The highest BCUT2D eigenvalue weighted by atomic mass is 127. The van der Waals surface area contributed by atoms with Gasteiger partial charge in [0.2, 0.25) is 0 Å². The van der Waals surface area contributed by atoms with Crippen molar-refractivity contribution in [1.29, 1.82) is 0 Å². The minimum atomic E-state index is -0.141. The minimum absolute atomic E-state index is 0.141. The highest BCUT2D eigenvalue weighted by molar-refractivity contribution is 14.1. The molecular formula is C7H5BrFI. The van der Waals surface area contributed by atoms with Gasteiger partial charge in [0.15, 0.2) is 0 Å². The van der Waals surface area contributed by atoms with Crippen LogP contribution in [-0.4, -0.2) is 0 Å². The lowest BCUT2D eigenvalue weighted by molar-refractivity contribution is 0.618. The van der Waals surface area contributed by atoms with Crippen molar-refractivity contribution < 1.29 is 4.39 Å². The molecule has 0 saturated heterocycles. The molecule has 0 unspecified atom stereocenters. The summed E-state index contributed by atoms with van der Waals surface area (Å²) in [6.45, 7) is 0. The van der Waals surface area contributed by atoms with Crippen molar-refractivity contribution in [3.05, 3.63) is 33.1 Å². The first-order valence-electron chi connectivity index (χ1n) is 2.74. The Morgan fingerprint density at radius 2 is 2.20 bits per heavy atom. The molecule has 3 heteroatoms. The molecule has 0 heterocycles. The van der Waals surface area contributed by atoms with Crippen LogP contribution in [0, 0.1) is 9.39 Å². The van der Waals surface area contributed by atoms with Crippen LogP contribution in [-0.2, 0) is 5.33 Å². The lowest BCUT2D eigenvalue weighted by Crippen LogP contribution is -1.87. The van der Waals surface area contributed by atoms with Crippen molar-refractivity contribution in [2.24, 2.45) is 0 Å². The molecule has 0 amide bonds. The van der Waals surface area contributed by atoms with Crippen LogP contribution < -0.4 is 0 Å². The van der Waals surface area contributed by atoms with E-state index in [9.17, 15) is 4.39 Å². The molecule has 0 radical (unpaired) electrons. The van der Waals surface area contributed by atoms with Gasteiger partial charge in [0.05, 0.1) is 3.57 Å². The van der Waals surface area contributed by atoms with E-state index in [-0.39, 0.29) is 5.82 Å². The van der Waals surface area contributed by atoms with Crippen LogP contribution >= 0.6 is 38.5 Å². The summed E-state index contributed by atoms with van der Waals surface area (Å²) < 4.78 is 13.4. The van der Waals surface area contributed by atoms with Gasteiger partial charge < -0.3 is 0 Å². The Morgan fingerprint density at radius 3 is 2.70 bits per heavy atom. The zero-order valence-corrected chi connectivity index (χ0v) is 8.82. The summed E-state index contributed by atoms with van der Waals surface area (Å²) in [4.78, 5) is 0. The van der Waals surface area contributed by atoms with E-state index in [1.807, 2.05) is 28.7 Å². The third kappa shape index (κ3) is 1.69. The monoisotopic (exact) mass is 314 g/mol. The summed E-state index contributed by atoms with van der Waals surface area (Å²) in [7, 11) is 0. The van der Waals surface area contributed by atoms with Crippen LogP contribution in [0.2, 0.25) is 0 Å². The molecule has 0 N–H and O–H groups in total. The second-order valence-corrected chi connectivity index (χ2v) is 3.49. The summed E-state index contributed by atoms with van der Waals surface area (Å²) in [6.07, 6.45) is 0. The number of benzene rings is 1. The quantitative estimate of drug-likeness (QED) is 0.551.